The van der Waals surface area contributed by atoms with Gasteiger partial charge in [0.2, 0.25) is 5.91 Å². The van der Waals surface area contributed by atoms with Gasteiger partial charge in [-0.3, -0.25) is 14.5 Å². The van der Waals surface area contributed by atoms with E-state index in [2.05, 4.69) is 10.6 Å². The van der Waals surface area contributed by atoms with Crippen LogP contribution in [0.1, 0.15) is 36.0 Å². The van der Waals surface area contributed by atoms with Gasteiger partial charge in [-0.25, -0.2) is 4.79 Å². The Balaban J connectivity index is 1.70. The molecule has 1 aromatic carbocycles. The molecule has 2 heterocycles. The van der Waals surface area contributed by atoms with E-state index in [1.54, 1.807) is 18.2 Å². The number of methoxy groups -OCH3 is 1. The van der Waals surface area contributed by atoms with Crippen molar-refractivity contribution in [1.29, 1.82) is 0 Å². The molecular formula is C19H26N4O4. The number of nitrogens with zero attached hydrogens (tertiary/aromatic N) is 2. The van der Waals surface area contributed by atoms with Gasteiger partial charge in [0.05, 0.1) is 19.3 Å². The molecular weight excluding hydrogens is 348 g/mol. The molecule has 2 fully saturated rings. The molecule has 2 aliphatic rings. The van der Waals surface area contributed by atoms with E-state index >= 15 is 0 Å². The standard InChI is InChI=1S/C19H26N4O4/c1-27-16-7-6-14(18(25)22-9-4-2-3-5-10-22)12-15(16)21-13-17(24)23-11-8-20-19(23)26/h6-7,12,21H,2-5,8-11,13H2,1H3,(H,20,26). The largest absolute Gasteiger partial charge is 0.495 e. The maximum absolute atomic E-state index is 12.8. The number of anilines is 1. The molecule has 0 aromatic heterocycles. The summed E-state index contributed by atoms with van der Waals surface area (Å²) in [5.41, 5.74) is 1.12. The number of imide groups is 1. The Morgan fingerprint density at radius 3 is 2.52 bits per heavy atom. The maximum atomic E-state index is 12.8. The predicted molar refractivity (Wildman–Crippen MR) is 101 cm³/mol. The molecule has 0 saturated carbocycles. The number of benzene rings is 1. The monoisotopic (exact) mass is 374 g/mol. The second kappa shape index (κ2) is 8.75. The molecule has 3 rings (SSSR count). The highest BCUT2D eigenvalue weighted by Gasteiger charge is 2.26. The molecule has 0 atom stereocenters. The van der Waals surface area contributed by atoms with Crippen LogP contribution in [0.15, 0.2) is 18.2 Å². The van der Waals surface area contributed by atoms with E-state index in [-0.39, 0.29) is 24.4 Å². The van der Waals surface area contributed by atoms with Crippen molar-refractivity contribution in [3.63, 3.8) is 0 Å². The number of hydrogen-bond acceptors (Lipinski definition) is 5. The van der Waals surface area contributed by atoms with E-state index < -0.39 is 0 Å². The number of nitrogens with one attached hydrogen (secondary N) is 2. The van der Waals surface area contributed by atoms with Gasteiger partial charge in [0.1, 0.15) is 5.75 Å². The predicted octanol–water partition coefficient (Wildman–Crippen LogP) is 1.68. The maximum Gasteiger partial charge on any atom is 0.324 e. The quantitative estimate of drug-likeness (QED) is 0.818. The number of likely N-dealkylation sites (tertiary alicyclic amines) is 1. The van der Waals surface area contributed by atoms with E-state index in [4.69, 9.17) is 4.74 Å². The first kappa shape index (κ1) is 19.0. The van der Waals surface area contributed by atoms with Crippen LogP contribution in [-0.2, 0) is 4.79 Å². The zero-order valence-electron chi connectivity index (χ0n) is 15.6. The second-order valence-corrected chi connectivity index (χ2v) is 6.75. The zero-order valence-corrected chi connectivity index (χ0v) is 15.6. The lowest BCUT2D eigenvalue weighted by Crippen LogP contribution is -2.38. The molecule has 1 aromatic rings. The fraction of sp³-hybridized carbons (Fsp3) is 0.526. The zero-order chi connectivity index (χ0) is 19.2. The minimum absolute atomic E-state index is 0.00662. The first-order valence-electron chi connectivity index (χ1n) is 9.39. The van der Waals surface area contributed by atoms with Gasteiger partial charge < -0.3 is 20.3 Å². The molecule has 27 heavy (non-hydrogen) atoms. The average molecular weight is 374 g/mol. The molecule has 0 spiro atoms. The topological polar surface area (TPSA) is 91.0 Å². The van der Waals surface area contributed by atoms with Crippen molar-refractivity contribution in [2.75, 3.05) is 45.2 Å². The highest BCUT2D eigenvalue weighted by Crippen LogP contribution is 2.26. The lowest BCUT2D eigenvalue weighted by Gasteiger charge is -2.21. The molecule has 8 nitrogen and oxygen atoms in total. The lowest BCUT2D eigenvalue weighted by molar-refractivity contribution is -0.125. The van der Waals surface area contributed by atoms with Crippen molar-refractivity contribution in [2.45, 2.75) is 25.7 Å². The lowest BCUT2D eigenvalue weighted by atomic mass is 10.1. The van der Waals surface area contributed by atoms with Crippen LogP contribution >= 0.6 is 0 Å². The van der Waals surface area contributed by atoms with Gasteiger partial charge in [-0.05, 0) is 31.0 Å². The molecule has 2 aliphatic heterocycles. The van der Waals surface area contributed by atoms with Crippen LogP contribution in [0.2, 0.25) is 0 Å². The summed E-state index contributed by atoms with van der Waals surface area (Å²) in [6.45, 7) is 2.33. The third-order valence-corrected chi connectivity index (χ3v) is 4.93. The van der Waals surface area contributed by atoms with Crippen molar-refractivity contribution in [1.82, 2.24) is 15.1 Å². The van der Waals surface area contributed by atoms with E-state index in [1.807, 2.05) is 4.90 Å². The first-order valence-corrected chi connectivity index (χ1v) is 9.39. The van der Waals surface area contributed by atoms with Crippen molar-refractivity contribution < 1.29 is 19.1 Å². The first-order chi connectivity index (χ1) is 13.1. The summed E-state index contributed by atoms with van der Waals surface area (Å²) < 4.78 is 5.33. The molecule has 8 heteroatoms. The minimum Gasteiger partial charge on any atom is -0.495 e. The summed E-state index contributed by atoms with van der Waals surface area (Å²) in [6.07, 6.45) is 4.37. The van der Waals surface area contributed by atoms with Crippen LogP contribution in [0.25, 0.3) is 0 Å². The van der Waals surface area contributed by atoms with Crippen LogP contribution in [0, 0.1) is 0 Å². The Labute approximate surface area is 158 Å². The molecule has 0 radical (unpaired) electrons. The summed E-state index contributed by atoms with van der Waals surface area (Å²) in [7, 11) is 1.53. The van der Waals surface area contributed by atoms with Crippen molar-refractivity contribution in [2.24, 2.45) is 0 Å². The number of hydrogen-bond donors (Lipinski definition) is 2. The highest BCUT2D eigenvalue weighted by atomic mass is 16.5. The summed E-state index contributed by atoms with van der Waals surface area (Å²) in [4.78, 5) is 39.7. The van der Waals surface area contributed by atoms with Crippen LogP contribution in [0.5, 0.6) is 5.75 Å². The van der Waals surface area contributed by atoms with Crippen molar-refractivity contribution in [3.8, 4) is 5.75 Å². The van der Waals surface area contributed by atoms with E-state index in [0.717, 1.165) is 38.8 Å². The normalized spacial score (nSPS) is 17.3. The Morgan fingerprint density at radius 1 is 1.15 bits per heavy atom. The Hall–Kier alpha value is -2.77. The van der Waals surface area contributed by atoms with Crippen molar-refractivity contribution in [3.05, 3.63) is 23.8 Å². The van der Waals surface area contributed by atoms with Gasteiger partial charge in [-0.15, -0.1) is 0 Å². The van der Waals surface area contributed by atoms with E-state index in [1.165, 1.54) is 12.0 Å². The number of rotatable bonds is 5. The summed E-state index contributed by atoms with van der Waals surface area (Å²) in [5.74, 6) is 0.213. The molecule has 146 valence electrons. The van der Waals surface area contributed by atoms with E-state index in [9.17, 15) is 14.4 Å². The molecule has 0 bridgehead atoms. The Bertz CT molecular complexity index is 714. The van der Waals surface area contributed by atoms with Gasteiger partial charge in [-0.2, -0.15) is 0 Å². The molecule has 4 amide bonds. The van der Waals surface area contributed by atoms with Gasteiger partial charge in [0, 0.05) is 31.7 Å². The van der Waals surface area contributed by atoms with Gasteiger partial charge in [0.15, 0.2) is 0 Å². The SMILES string of the molecule is COc1ccc(C(=O)N2CCCCCC2)cc1NCC(=O)N1CCNC1=O. The fourth-order valence-electron chi connectivity index (χ4n) is 3.41. The molecule has 0 aliphatic carbocycles. The van der Waals surface area contributed by atoms with Crippen LogP contribution in [-0.4, -0.2) is 67.5 Å². The van der Waals surface area contributed by atoms with Gasteiger partial charge in [0.25, 0.3) is 5.91 Å². The number of carbonyl (C=O) groups excluding carboxylic acids is 3. The number of carbonyl (C=O) groups is 3. The van der Waals surface area contributed by atoms with E-state index in [0.29, 0.717) is 30.1 Å². The van der Waals surface area contributed by atoms with Crippen molar-refractivity contribution >= 4 is 23.5 Å². The Morgan fingerprint density at radius 2 is 1.89 bits per heavy atom. The minimum atomic E-state index is -0.376. The molecule has 2 saturated heterocycles. The second-order valence-electron chi connectivity index (χ2n) is 6.75. The summed E-state index contributed by atoms with van der Waals surface area (Å²) in [5, 5.41) is 5.61. The highest BCUT2D eigenvalue weighted by molar-refractivity contribution is 5.98. The smallest absolute Gasteiger partial charge is 0.324 e. The van der Waals surface area contributed by atoms with Crippen LogP contribution in [0.4, 0.5) is 10.5 Å². The number of urea groups is 1. The summed E-state index contributed by atoms with van der Waals surface area (Å²) >= 11 is 0. The Kier molecular flexibility index (Phi) is 6.16. The van der Waals surface area contributed by atoms with Crippen LogP contribution < -0.4 is 15.4 Å². The fourth-order valence-corrected chi connectivity index (χ4v) is 3.41. The van der Waals surface area contributed by atoms with Gasteiger partial charge >= 0.3 is 6.03 Å². The number of ether oxygens (including phenoxy) is 1. The molecule has 0 unspecified atom stereocenters. The third-order valence-electron chi connectivity index (χ3n) is 4.93. The van der Waals surface area contributed by atoms with Crippen LogP contribution in [0.3, 0.4) is 0 Å². The average Bonchev–Trinajstić information content (AvgIpc) is 2.94. The third kappa shape index (κ3) is 4.50. The molecule has 2 N–H and O–H groups in total. The van der Waals surface area contributed by atoms with Gasteiger partial charge in [-0.1, -0.05) is 12.8 Å². The number of amides is 4. The summed E-state index contributed by atoms with van der Waals surface area (Å²) in [6, 6.07) is 4.80.